The highest BCUT2D eigenvalue weighted by Crippen LogP contribution is 2.33. The van der Waals surface area contributed by atoms with E-state index in [2.05, 4.69) is 21.9 Å². The lowest BCUT2D eigenvalue weighted by Gasteiger charge is -2.33. The second-order valence-electron chi connectivity index (χ2n) is 4.69. The zero-order valence-electron chi connectivity index (χ0n) is 11.2. The minimum atomic E-state index is -3.63. The molecule has 0 amide bonds. The Morgan fingerprint density at radius 2 is 1.95 bits per heavy atom. The van der Waals surface area contributed by atoms with Crippen LogP contribution in [0.5, 0.6) is 0 Å². The molecule has 1 aliphatic rings. The monoisotopic (exact) mass is 391 g/mol. The van der Waals surface area contributed by atoms with Gasteiger partial charge in [0, 0.05) is 36.9 Å². The van der Waals surface area contributed by atoms with Crippen molar-refractivity contribution in [2.24, 2.45) is 0 Å². The van der Waals surface area contributed by atoms with E-state index in [-0.39, 0.29) is 4.90 Å². The third-order valence-electron chi connectivity index (χ3n) is 3.30. The van der Waals surface area contributed by atoms with Gasteiger partial charge in [-0.25, -0.2) is 8.42 Å². The van der Waals surface area contributed by atoms with E-state index in [0.717, 1.165) is 0 Å². The molecule has 0 atom stereocenters. The van der Waals surface area contributed by atoms with Gasteiger partial charge in [-0.2, -0.15) is 4.31 Å². The van der Waals surface area contributed by atoms with Crippen molar-refractivity contribution < 1.29 is 8.42 Å². The van der Waals surface area contributed by atoms with Gasteiger partial charge in [-0.3, -0.25) is 4.90 Å². The molecule has 1 saturated heterocycles. The van der Waals surface area contributed by atoms with Crippen molar-refractivity contribution in [1.29, 1.82) is 0 Å². The number of anilines is 1. The molecule has 21 heavy (non-hydrogen) atoms. The molecule has 0 saturated carbocycles. The summed E-state index contributed by atoms with van der Waals surface area (Å²) in [6.45, 7) is 2.53. The maximum absolute atomic E-state index is 12.7. The van der Waals surface area contributed by atoms with Crippen LogP contribution in [-0.2, 0) is 10.0 Å². The number of halogens is 2. The molecule has 8 heteroatoms. The second-order valence-corrected chi connectivity index (χ2v) is 7.83. The van der Waals surface area contributed by atoms with E-state index in [1.54, 1.807) is 0 Å². The topological polar surface area (TPSA) is 66.6 Å². The van der Waals surface area contributed by atoms with Crippen molar-refractivity contribution in [2.45, 2.75) is 4.90 Å². The van der Waals surface area contributed by atoms with Gasteiger partial charge < -0.3 is 5.73 Å². The summed E-state index contributed by atoms with van der Waals surface area (Å²) in [5, 5.41) is 0.292. The Kier molecular flexibility index (Phi) is 5.17. The van der Waals surface area contributed by atoms with Crippen LogP contribution in [0.2, 0.25) is 5.02 Å². The number of sulfonamides is 1. The maximum Gasteiger partial charge on any atom is 0.244 e. The first-order valence-corrected chi connectivity index (χ1v) is 8.88. The van der Waals surface area contributed by atoms with Crippen LogP contribution < -0.4 is 5.73 Å². The van der Waals surface area contributed by atoms with Gasteiger partial charge >= 0.3 is 0 Å². The molecule has 1 aromatic carbocycles. The Morgan fingerprint density at radius 1 is 1.33 bits per heavy atom. The lowest BCUT2D eigenvalue weighted by molar-refractivity contribution is 0.207. The molecule has 2 N–H and O–H groups in total. The number of rotatable bonds is 3. The fourth-order valence-corrected chi connectivity index (χ4v) is 4.84. The summed E-state index contributed by atoms with van der Waals surface area (Å²) in [4.78, 5) is 2.13. The molecule has 0 radical (unpaired) electrons. The summed E-state index contributed by atoms with van der Waals surface area (Å²) < 4.78 is 27.2. The molecular formula is C13H15BrClN3O2S. The lowest BCUT2D eigenvalue weighted by atomic mass is 10.3. The van der Waals surface area contributed by atoms with Crippen molar-refractivity contribution in [3.63, 3.8) is 0 Å². The number of nitrogen functional groups attached to an aromatic ring is 1. The fraction of sp³-hybridized carbons (Fsp3) is 0.385. The predicted molar refractivity (Wildman–Crippen MR) is 87.6 cm³/mol. The van der Waals surface area contributed by atoms with Gasteiger partial charge in [0.25, 0.3) is 0 Å². The molecule has 0 aromatic heterocycles. The van der Waals surface area contributed by atoms with E-state index in [0.29, 0.717) is 47.9 Å². The summed E-state index contributed by atoms with van der Waals surface area (Å²) in [6.07, 6.45) is 5.27. The highest BCUT2D eigenvalue weighted by Gasteiger charge is 2.30. The first-order valence-electron chi connectivity index (χ1n) is 6.26. The van der Waals surface area contributed by atoms with Gasteiger partial charge in [0.2, 0.25) is 10.0 Å². The molecule has 0 spiro atoms. The van der Waals surface area contributed by atoms with E-state index >= 15 is 0 Å². The Morgan fingerprint density at radius 3 is 2.52 bits per heavy atom. The van der Waals surface area contributed by atoms with Crippen LogP contribution in [0.3, 0.4) is 0 Å². The molecule has 1 aromatic rings. The first kappa shape index (κ1) is 16.6. The zero-order chi connectivity index (χ0) is 15.6. The van der Waals surface area contributed by atoms with Crippen LogP contribution in [0.15, 0.2) is 21.5 Å². The number of piperazine rings is 1. The largest absolute Gasteiger partial charge is 0.398 e. The molecule has 5 nitrogen and oxygen atoms in total. The number of benzene rings is 1. The van der Waals surface area contributed by atoms with Gasteiger partial charge in [0.1, 0.15) is 0 Å². The van der Waals surface area contributed by atoms with Gasteiger partial charge in [-0.15, -0.1) is 6.42 Å². The summed E-state index contributed by atoms with van der Waals surface area (Å²) in [7, 11) is -3.63. The van der Waals surface area contributed by atoms with Crippen LogP contribution in [0.25, 0.3) is 0 Å². The average molecular weight is 393 g/mol. The summed E-state index contributed by atoms with van der Waals surface area (Å²) in [5.74, 6) is 2.56. The highest BCUT2D eigenvalue weighted by molar-refractivity contribution is 9.10. The normalized spacial score (nSPS) is 17.6. The second kappa shape index (κ2) is 6.55. The van der Waals surface area contributed by atoms with Gasteiger partial charge in [0.15, 0.2) is 0 Å². The number of nitrogens with two attached hydrogens (primary N) is 1. The van der Waals surface area contributed by atoms with E-state index in [9.17, 15) is 8.42 Å². The molecule has 0 bridgehead atoms. The van der Waals surface area contributed by atoms with Gasteiger partial charge in [0.05, 0.1) is 15.9 Å². The smallest absolute Gasteiger partial charge is 0.244 e. The highest BCUT2D eigenvalue weighted by atomic mass is 79.9. The van der Waals surface area contributed by atoms with Crippen LogP contribution in [0.4, 0.5) is 5.69 Å². The summed E-state index contributed by atoms with van der Waals surface area (Å²) in [6, 6.07) is 2.92. The number of hydrogen-bond donors (Lipinski definition) is 1. The van der Waals surface area contributed by atoms with Crippen molar-refractivity contribution in [1.82, 2.24) is 9.21 Å². The molecular weight excluding hydrogens is 378 g/mol. The number of hydrogen-bond acceptors (Lipinski definition) is 4. The van der Waals surface area contributed by atoms with Crippen LogP contribution in [0.1, 0.15) is 0 Å². The van der Waals surface area contributed by atoms with Gasteiger partial charge in [-0.1, -0.05) is 17.5 Å². The third-order valence-corrected chi connectivity index (χ3v) is 6.58. The summed E-state index contributed by atoms with van der Waals surface area (Å²) >= 11 is 9.14. The van der Waals surface area contributed by atoms with Crippen LogP contribution in [0, 0.1) is 12.3 Å². The SMILES string of the molecule is C#CCN1CCN(S(=O)(=O)c2cc(Cl)cc(N)c2Br)CC1. The van der Waals surface area contributed by atoms with E-state index < -0.39 is 10.0 Å². The van der Waals surface area contributed by atoms with Crippen LogP contribution in [-0.4, -0.2) is 50.3 Å². The minimum Gasteiger partial charge on any atom is -0.398 e. The Hall–Kier alpha value is -0.780. The Bertz CT molecular complexity index is 679. The quantitative estimate of drug-likeness (QED) is 0.627. The maximum atomic E-state index is 12.7. The minimum absolute atomic E-state index is 0.0953. The standard InChI is InChI=1S/C13H15BrClN3O2S/c1-2-3-17-4-6-18(7-5-17)21(19,20)12-9-10(15)8-11(16)13(12)14/h1,8-9H,3-7,16H2. The third kappa shape index (κ3) is 3.52. The number of nitrogens with zero attached hydrogens (tertiary/aromatic N) is 2. The zero-order valence-corrected chi connectivity index (χ0v) is 14.4. The van der Waals surface area contributed by atoms with E-state index in [1.807, 2.05) is 4.90 Å². The molecule has 0 aliphatic carbocycles. The van der Waals surface area contributed by atoms with E-state index in [1.165, 1.54) is 16.4 Å². The molecule has 1 fully saturated rings. The Labute approximate surface area is 138 Å². The van der Waals surface area contributed by atoms with Crippen LogP contribution >= 0.6 is 27.5 Å². The van der Waals surface area contributed by atoms with E-state index in [4.69, 9.17) is 23.8 Å². The van der Waals surface area contributed by atoms with Crippen molar-refractivity contribution in [3.05, 3.63) is 21.6 Å². The predicted octanol–water partition coefficient (Wildman–Crippen LogP) is 1.62. The molecule has 1 aliphatic heterocycles. The summed E-state index contributed by atoms with van der Waals surface area (Å²) in [5.41, 5.74) is 6.06. The Balaban J connectivity index is 2.26. The molecule has 1 heterocycles. The van der Waals surface area contributed by atoms with Crippen molar-refractivity contribution in [3.8, 4) is 12.3 Å². The molecule has 2 rings (SSSR count). The number of terminal acetylenes is 1. The molecule has 0 unspecified atom stereocenters. The van der Waals surface area contributed by atoms with Crippen molar-refractivity contribution in [2.75, 3.05) is 38.5 Å². The molecule has 114 valence electrons. The first-order chi connectivity index (χ1) is 9.86. The average Bonchev–Trinajstić information content (AvgIpc) is 2.43. The lowest BCUT2D eigenvalue weighted by Crippen LogP contribution is -2.48. The van der Waals surface area contributed by atoms with Gasteiger partial charge in [-0.05, 0) is 28.1 Å². The van der Waals surface area contributed by atoms with Crippen molar-refractivity contribution >= 4 is 43.2 Å². The fourth-order valence-electron chi connectivity index (χ4n) is 2.17.